The Morgan fingerprint density at radius 3 is 2.38 bits per heavy atom. The van der Waals surface area contributed by atoms with E-state index in [9.17, 15) is 4.79 Å². The van der Waals surface area contributed by atoms with E-state index in [0.29, 0.717) is 36.2 Å². The van der Waals surface area contributed by atoms with Gasteiger partial charge in [0, 0.05) is 25.6 Å². The van der Waals surface area contributed by atoms with E-state index in [1.165, 1.54) is 0 Å². The van der Waals surface area contributed by atoms with Gasteiger partial charge in [0.15, 0.2) is 11.5 Å². The van der Waals surface area contributed by atoms with Crippen LogP contribution >= 0.6 is 0 Å². The highest BCUT2D eigenvalue weighted by Gasteiger charge is 2.34. The van der Waals surface area contributed by atoms with Crippen molar-refractivity contribution in [3.63, 3.8) is 0 Å². The number of nitrogens with zero attached hydrogens (tertiary/aromatic N) is 2. The maximum atomic E-state index is 13.1. The summed E-state index contributed by atoms with van der Waals surface area (Å²) < 4.78 is 21.9. The van der Waals surface area contributed by atoms with Crippen molar-refractivity contribution < 1.29 is 23.7 Å². The minimum atomic E-state index is 0.0991. The number of methoxy groups -OCH3 is 3. The van der Waals surface area contributed by atoms with Gasteiger partial charge in [-0.25, -0.2) is 0 Å². The first-order valence-electron chi connectivity index (χ1n) is 8.90. The molecule has 3 rings (SSSR count). The van der Waals surface area contributed by atoms with E-state index in [0.717, 1.165) is 31.8 Å². The fourth-order valence-corrected chi connectivity index (χ4v) is 3.90. The number of amides is 1. The third-order valence-corrected chi connectivity index (χ3v) is 5.05. The van der Waals surface area contributed by atoms with Crippen LogP contribution in [0.2, 0.25) is 0 Å². The first-order chi connectivity index (χ1) is 12.5. The van der Waals surface area contributed by atoms with Gasteiger partial charge >= 0.3 is 0 Å². The molecule has 1 aromatic carbocycles. The molecule has 0 N–H and O–H groups in total. The Bertz CT molecular complexity index is 626. The second-order valence-corrected chi connectivity index (χ2v) is 7.03. The maximum absolute atomic E-state index is 13.1. The van der Waals surface area contributed by atoms with Crippen molar-refractivity contribution in [3.05, 3.63) is 17.7 Å². The zero-order valence-corrected chi connectivity index (χ0v) is 16.0. The molecule has 2 fully saturated rings. The number of carbonyl (C=O) groups excluding carboxylic acids is 1. The monoisotopic (exact) mass is 364 g/mol. The van der Waals surface area contributed by atoms with Crippen molar-refractivity contribution in [2.24, 2.45) is 5.92 Å². The van der Waals surface area contributed by atoms with Crippen LogP contribution in [0.4, 0.5) is 0 Å². The average Bonchev–Trinajstić information content (AvgIpc) is 2.91. The minimum absolute atomic E-state index is 0.0991. The summed E-state index contributed by atoms with van der Waals surface area (Å²) in [7, 11) is 6.83. The summed E-state index contributed by atoms with van der Waals surface area (Å²) in [4.78, 5) is 17.3. The van der Waals surface area contributed by atoms with E-state index in [1.54, 1.807) is 21.3 Å². The second-order valence-electron chi connectivity index (χ2n) is 7.03. The fourth-order valence-electron chi connectivity index (χ4n) is 3.90. The molecular formula is C19H28N2O5. The third-order valence-electron chi connectivity index (χ3n) is 5.05. The van der Waals surface area contributed by atoms with Crippen molar-refractivity contribution in [2.45, 2.75) is 12.5 Å². The molecular weight excluding hydrogens is 336 g/mol. The van der Waals surface area contributed by atoms with Gasteiger partial charge in [0.25, 0.3) is 0 Å². The summed E-state index contributed by atoms with van der Waals surface area (Å²) in [6, 6.07) is 3.78. The van der Waals surface area contributed by atoms with Crippen LogP contribution in [0.3, 0.4) is 0 Å². The molecule has 2 aliphatic heterocycles. The smallest absolute Gasteiger partial charge is 0.227 e. The summed E-state index contributed by atoms with van der Waals surface area (Å²) in [6.45, 7) is 3.87. The molecule has 0 unspecified atom stereocenters. The Labute approximate surface area is 154 Å². The molecule has 1 amide bonds. The number of fused-ring (bicyclic) bond motifs is 3. The van der Waals surface area contributed by atoms with Crippen molar-refractivity contribution in [3.8, 4) is 17.2 Å². The summed E-state index contributed by atoms with van der Waals surface area (Å²) in [6.07, 6.45) is 0.295. The van der Waals surface area contributed by atoms with Gasteiger partial charge < -0.3 is 28.7 Å². The highest BCUT2D eigenvalue weighted by molar-refractivity contribution is 5.80. The van der Waals surface area contributed by atoms with Crippen molar-refractivity contribution in [1.82, 2.24) is 9.80 Å². The van der Waals surface area contributed by atoms with Gasteiger partial charge in [-0.05, 0) is 24.7 Å². The SMILES string of the molecule is COc1cc(CC(=O)N2C[C@H]3COC[C@@H]2CN(C)C3)cc(OC)c1OC. The van der Waals surface area contributed by atoms with Crippen LogP contribution in [0, 0.1) is 5.92 Å². The van der Waals surface area contributed by atoms with E-state index in [2.05, 4.69) is 11.9 Å². The fraction of sp³-hybridized carbons (Fsp3) is 0.632. The highest BCUT2D eigenvalue weighted by Crippen LogP contribution is 2.38. The zero-order chi connectivity index (χ0) is 18.7. The summed E-state index contributed by atoms with van der Waals surface area (Å²) in [5.41, 5.74) is 0.845. The molecule has 0 spiro atoms. The average molecular weight is 364 g/mol. The minimum Gasteiger partial charge on any atom is -0.493 e. The van der Waals surface area contributed by atoms with Gasteiger partial charge in [0.2, 0.25) is 11.7 Å². The Balaban J connectivity index is 1.81. The number of hydrogen-bond acceptors (Lipinski definition) is 6. The second kappa shape index (κ2) is 8.14. The van der Waals surface area contributed by atoms with Crippen LogP contribution in [0.25, 0.3) is 0 Å². The predicted octanol–water partition coefficient (Wildman–Crippen LogP) is 1.04. The number of carbonyl (C=O) groups is 1. The Kier molecular flexibility index (Phi) is 5.88. The van der Waals surface area contributed by atoms with Gasteiger partial charge in [-0.15, -0.1) is 0 Å². The van der Waals surface area contributed by atoms with Gasteiger partial charge in [-0.3, -0.25) is 4.79 Å². The van der Waals surface area contributed by atoms with Gasteiger partial charge in [-0.2, -0.15) is 0 Å². The lowest BCUT2D eigenvalue weighted by Gasteiger charge is -2.30. The van der Waals surface area contributed by atoms with Crippen LogP contribution in [0.15, 0.2) is 12.1 Å². The van der Waals surface area contributed by atoms with E-state index in [4.69, 9.17) is 18.9 Å². The standard InChI is InChI=1S/C19H28N2O5/c1-20-8-14-9-21(15(10-20)12-26-11-14)18(22)7-13-5-16(23-2)19(25-4)17(6-13)24-3/h5-6,14-15H,7-12H2,1-4H3/t14-,15-/m0/s1. The van der Waals surface area contributed by atoms with E-state index < -0.39 is 0 Å². The van der Waals surface area contributed by atoms with Gasteiger partial charge in [0.1, 0.15) is 0 Å². The van der Waals surface area contributed by atoms with Gasteiger partial charge in [-0.1, -0.05) is 0 Å². The molecule has 0 radical (unpaired) electrons. The zero-order valence-electron chi connectivity index (χ0n) is 16.0. The Morgan fingerprint density at radius 2 is 1.77 bits per heavy atom. The molecule has 0 aliphatic carbocycles. The van der Waals surface area contributed by atoms with Crippen LogP contribution < -0.4 is 14.2 Å². The first-order valence-corrected chi connectivity index (χ1v) is 8.90. The maximum Gasteiger partial charge on any atom is 0.227 e. The number of rotatable bonds is 5. The van der Waals surface area contributed by atoms with Gasteiger partial charge in [0.05, 0.1) is 47.0 Å². The van der Waals surface area contributed by atoms with E-state index >= 15 is 0 Å². The molecule has 2 saturated heterocycles. The quantitative estimate of drug-likeness (QED) is 0.778. The molecule has 144 valence electrons. The van der Waals surface area contributed by atoms with Crippen molar-refractivity contribution >= 4 is 5.91 Å². The molecule has 1 aromatic rings. The van der Waals surface area contributed by atoms with E-state index in [-0.39, 0.29) is 11.9 Å². The lowest BCUT2D eigenvalue weighted by Crippen LogP contribution is -2.46. The molecule has 2 atom stereocenters. The number of hydrogen-bond donors (Lipinski definition) is 0. The lowest BCUT2D eigenvalue weighted by atomic mass is 10.1. The first kappa shape index (κ1) is 18.8. The lowest BCUT2D eigenvalue weighted by molar-refractivity contribution is -0.133. The molecule has 2 aliphatic rings. The summed E-state index contributed by atoms with van der Waals surface area (Å²) in [5.74, 6) is 2.12. The summed E-state index contributed by atoms with van der Waals surface area (Å²) >= 11 is 0. The highest BCUT2D eigenvalue weighted by atomic mass is 16.5. The van der Waals surface area contributed by atoms with Crippen LogP contribution in [0.1, 0.15) is 5.56 Å². The molecule has 7 nitrogen and oxygen atoms in total. The Morgan fingerprint density at radius 1 is 1.08 bits per heavy atom. The molecule has 7 heteroatoms. The largest absolute Gasteiger partial charge is 0.493 e. The topological polar surface area (TPSA) is 60.5 Å². The molecule has 0 aromatic heterocycles. The molecule has 0 saturated carbocycles. The number of likely N-dealkylation sites (N-methyl/N-ethyl adjacent to an activating group) is 1. The number of ether oxygens (including phenoxy) is 4. The third kappa shape index (κ3) is 3.88. The summed E-state index contributed by atoms with van der Waals surface area (Å²) in [5, 5.41) is 0. The van der Waals surface area contributed by atoms with E-state index in [1.807, 2.05) is 17.0 Å². The normalized spacial score (nSPS) is 23.3. The number of benzene rings is 1. The van der Waals surface area contributed by atoms with Crippen molar-refractivity contribution in [2.75, 3.05) is 61.2 Å². The van der Waals surface area contributed by atoms with Crippen LogP contribution in [-0.2, 0) is 16.0 Å². The predicted molar refractivity (Wildman–Crippen MR) is 97.1 cm³/mol. The molecule has 26 heavy (non-hydrogen) atoms. The van der Waals surface area contributed by atoms with Crippen LogP contribution in [-0.4, -0.2) is 83.0 Å². The Hall–Kier alpha value is -1.99. The van der Waals surface area contributed by atoms with Crippen molar-refractivity contribution in [1.29, 1.82) is 0 Å². The van der Waals surface area contributed by atoms with Crippen LogP contribution in [0.5, 0.6) is 17.2 Å². The molecule has 2 bridgehead atoms. The molecule has 2 heterocycles.